The predicted molar refractivity (Wildman–Crippen MR) is 134 cm³/mol. The minimum Gasteiger partial charge on any atom is -0.493 e. The van der Waals surface area contributed by atoms with Crippen molar-refractivity contribution in [1.82, 2.24) is 9.91 Å². The summed E-state index contributed by atoms with van der Waals surface area (Å²) in [7, 11) is 3.20. The molecule has 3 amide bonds. The van der Waals surface area contributed by atoms with Crippen LogP contribution in [0.15, 0.2) is 59.7 Å². The summed E-state index contributed by atoms with van der Waals surface area (Å²) in [6, 6.07) is 12.6. The van der Waals surface area contributed by atoms with Crippen molar-refractivity contribution in [2.75, 3.05) is 27.3 Å². The number of ether oxygens (including phenoxy) is 2. The summed E-state index contributed by atoms with van der Waals surface area (Å²) < 4.78 is 10.9. The number of methoxy groups -OCH3 is 2. The van der Waals surface area contributed by atoms with E-state index in [9.17, 15) is 14.4 Å². The van der Waals surface area contributed by atoms with Gasteiger partial charge < -0.3 is 9.47 Å². The van der Waals surface area contributed by atoms with Crippen LogP contribution in [0.5, 0.6) is 11.5 Å². The van der Waals surface area contributed by atoms with E-state index in [1.54, 1.807) is 43.5 Å². The average molecular weight is 488 g/mol. The Bertz CT molecular complexity index is 1230. The second-order valence-corrected chi connectivity index (χ2v) is 9.19. The molecule has 0 unspecified atom stereocenters. The van der Waals surface area contributed by atoms with E-state index in [0.29, 0.717) is 55.0 Å². The normalized spacial score (nSPS) is 20.8. The summed E-state index contributed by atoms with van der Waals surface area (Å²) in [5.74, 6) is 0.616. The maximum Gasteiger partial charge on any atom is 0.261 e. The lowest BCUT2D eigenvalue weighted by atomic mass is 9.76. The van der Waals surface area contributed by atoms with Crippen molar-refractivity contribution in [2.45, 2.75) is 25.7 Å². The molecule has 0 radical (unpaired) electrons. The molecule has 2 aromatic rings. The largest absolute Gasteiger partial charge is 0.493 e. The minimum atomic E-state index is -0.254. The van der Waals surface area contributed by atoms with Crippen LogP contribution in [-0.4, -0.2) is 60.7 Å². The number of hydrazone groups is 1. The Kier molecular flexibility index (Phi) is 6.59. The number of fused-ring (bicyclic) bond motifs is 2. The highest BCUT2D eigenvalue weighted by Gasteiger charge is 2.40. The van der Waals surface area contributed by atoms with E-state index >= 15 is 0 Å². The maximum absolute atomic E-state index is 13.3. The number of carbonyl (C=O) groups is 3. The average Bonchev–Trinajstić information content (AvgIpc) is 3.16. The number of unbranched alkanes of at least 4 members (excludes halogenated alkanes) is 1. The molecule has 186 valence electrons. The molecule has 3 aliphatic rings. The van der Waals surface area contributed by atoms with Gasteiger partial charge >= 0.3 is 0 Å². The molecule has 0 fully saturated rings. The van der Waals surface area contributed by atoms with Crippen molar-refractivity contribution in [3.8, 4) is 11.5 Å². The van der Waals surface area contributed by atoms with Gasteiger partial charge in [0.2, 0.25) is 5.91 Å². The molecule has 36 heavy (non-hydrogen) atoms. The zero-order valence-corrected chi connectivity index (χ0v) is 20.5. The van der Waals surface area contributed by atoms with Gasteiger partial charge in [-0.3, -0.25) is 19.3 Å². The van der Waals surface area contributed by atoms with Crippen molar-refractivity contribution in [1.29, 1.82) is 0 Å². The summed E-state index contributed by atoms with van der Waals surface area (Å²) in [5.41, 5.74) is 2.68. The van der Waals surface area contributed by atoms with Crippen molar-refractivity contribution in [3.05, 3.63) is 71.3 Å². The van der Waals surface area contributed by atoms with Crippen LogP contribution in [-0.2, 0) is 4.79 Å². The molecule has 8 nitrogen and oxygen atoms in total. The maximum atomic E-state index is 13.3. The third kappa shape index (κ3) is 4.17. The van der Waals surface area contributed by atoms with Crippen LogP contribution >= 0.6 is 0 Å². The van der Waals surface area contributed by atoms with Gasteiger partial charge in [-0.25, -0.2) is 5.01 Å². The van der Waals surface area contributed by atoms with Gasteiger partial charge in [-0.1, -0.05) is 24.3 Å². The first-order valence-corrected chi connectivity index (χ1v) is 12.3. The van der Waals surface area contributed by atoms with Crippen molar-refractivity contribution in [2.24, 2.45) is 16.9 Å². The second kappa shape index (κ2) is 9.97. The van der Waals surface area contributed by atoms with Gasteiger partial charge in [0.05, 0.1) is 37.0 Å². The van der Waals surface area contributed by atoms with Gasteiger partial charge in [-0.15, -0.1) is 0 Å². The van der Waals surface area contributed by atoms with Gasteiger partial charge in [0.15, 0.2) is 11.5 Å². The summed E-state index contributed by atoms with van der Waals surface area (Å²) in [4.78, 5) is 39.8. The van der Waals surface area contributed by atoms with Crippen LogP contribution in [0.4, 0.5) is 0 Å². The van der Waals surface area contributed by atoms with E-state index in [-0.39, 0.29) is 29.6 Å². The number of hydrogen-bond donors (Lipinski definition) is 0. The van der Waals surface area contributed by atoms with Crippen molar-refractivity contribution >= 4 is 23.4 Å². The Labute approximate surface area is 210 Å². The van der Waals surface area contributed by atoms with Crippen molar-refractivity contribution < 1.29 is 23.9 Å². The molecule has 0 saturated heterocycles. The van der Waals surface area contributed by atoms with E-state index in [1.165, 1.54) is 4.90 Å². The molecule has 0 aromatic heterocycles. The van der Waals surface area contributed by atoms with Crippen LogP contribution in [0, 0.1) is 11.8 Å². The van der Waals surface area contributed by atoms with Gasteiger partial charge in [-0.05, 0) is 56.0 Å². The molecule has 0 saturated carbocycles. The fourth-order valence-corrected chi connectivity index (χ4v) is 5.24. The Morgan fingerprint density at radius 1 is 0.833 bits per heavy atom. The van der Waals surface area contributed by atoms with Crippen LogP contribution in [0.1, 0.15) is 52.0 Å². The van der Waals surface area contributed by atoms with Gasteiger partial charge in [0, 0.05) is 24.6 Å². The summed E-state index contributed by atoms with van der Waals surface area (Å²) in [5, 5.41) is 6.37. The number of rotatable bonds is 8. The van der Waals surface area contributed by atoms with Gasteiger partial charge in [-0.2, -0.15) is 5.10 Å². The summed E-state index contributed by atoms with van der Waals surface area (Å²) in [6.07, 6.45) is 6.83. The smallest absolute Gasteiger partial charge is 0.261 e. The number of allylic oxidation sites excluding steroid dienone is 2. The van der Waals surface area contributed by atoms with E-state index in [0.717, 1.165) is 17.7 Å². The highest BCUT2D eigenvalue weighted by molar-refractivity contribution is 6.21. The SMILES string of the molecule is COc1ccc(C2=NN(CCCCN3C(=O)c4ccccc4C3=O)C(=O)[C@H]3CC=CC[C@@H]23)cc1OC. The molecular weight excluding hydrogens is 458 g/mol. The van der Waals surface area contributed by atoms with Crippen LogP contribution in [0.3, 0.4) is 0 Å². The topological polar surface area (TPSA) is 88.5 Å². The third-order valence-corrected chi connectivity index (χ3v) is 7.14. The lowest BCUT2D eigenvalue weighted by Crippen LogP contribution is -2.45. The van der Waals surface area contributed by atoms with Crippen LogP contribution in [0.25, 0.3) is 0 Å². The molecular formula is C28H29N3O5. The highest BCUT2D eigenvalue weighted by atomic mass is 16.5. The first kappa shape index (κ1) is 23.8. The zero-order valence-electron chi connectivity index (χ0n) is 20.5. The number of hydrogen-bond acceptors (Lipinski definition) is 6. The first-order chi connectivity index (χ1) is 17.5. The van der Waals surface area contributed by atoms with Crippen LogP contribution < -0.4 is 9.47 Å². The molecule has 0 spiro atoms. The predicted octanol–water partition coefficient (Wildman–Crippen LogP) is 3.91. The molecule has 2 aromatic carbocycles. The number of amides is 3. The number of benzene rings is 2. The molecule has 2 heterocycles. The summed E-state index contributed by atoms with van der Waals surface area (Å²) >= 11 is 0. The Morgan fingerprint density at radius 3 is 2.14 bits per heavy atom. The molecule has 0 N–H and O–H groups in total. The lowest BCUT2D eigenvalue weighted by Gasteiger charge is -2.37. The molecule has 2 aliphatic heterocycles. The lowest BCUT2D eigenvalue weighted by molar-refractivity contribution is -0.137. The summed E-state index contributed by atoms with van der Waals surface area (Å²) in [6.45, 7) is 0.737. The number of imide groups is 1. The minimum absolute atomic E-state index is 0.00944. The van der Waals surface area contributed by atoms with Crippen LogP contribution in [0.2, 0.25) is 0 Å². The van der Waals surface area contributed by atoms with Gasteiger partial charge in [0.25, 0.3) is 11.8 Å². The Hall–Kier alpha value is -3.94. The quantitative estimate of drug-likeness (QED) is 0.320. The second-order valence-electron chi connectivity index (χ2n) is 9.19. The zero-order chi connectivity index (χ0) is 25.2. The Morgan fingerprint density at radius 2 is 1.47 bits per heavy atom. The van der Waals surface area contributed by atoms with E-state index < -0.39 is 0 Å². The molecule has 5 rings (SSSR count). The highest BCUT2D eigenvalue weighted by Crippen LogP contribution is 2.37. The molecule has 2 atom stereocenters. The molecule has 1 aliphatic carbocycles. The van der Waals surface area contributed by atoms with E-state index in [1.807, 2.05) is 18.2 Å². The number of carbonyl (C=O) groups excluding carboxylic acids is 3. The van der Waals surface area contributed by atoms with Gasteiger partial charge in [0.1, 0.15) is 0 Å². The standard InChI is InChI=1S/C28H29N3O5/c1-35-23-14-13-18(17-24(23)36-2)25-19-9-3-4-10-20(19)28(34)31(29-25)16-8-7-15-30-26(32)21-11-5-6-12-22(21)27(30)33/h3-6,11-14,17,19-20H,7-10,15-16H2,1-2H3/t19-,20+/m1/s1. The molecule has 0 bridgehead atoms. The van der Waals surface area contributed by atoms with E-state index in [4.69, 9.17) is 14.6 Å². The monoisotopic (exact) mass is 487 g/mol. The van der Waals surface area contributed by atoms with Crippen molar-refractivity contribution in [3.63, 3.8) is 0 Å². The Balaban J connectivity index is 1.30. The molecule has 8 heteroatoms. The van der Waals surface area contributed by atoms with E-state index in [2.05, 4.69) is 12.2 Å². The number of nitrogens with zero attached hydrogens (tertiary/aromatic N) is 3. The fourth-order valence-electron chi connectivity index (χ4n) is 5.24. The first-order valence-electron chi connectivity index (χ1n) is 12.3. The fraction of sp³-hybridized carbons (Fsp3) is 0.357. The third-order valence-electron chi connectivity index (χ3n) is 7.14.